The minimum absolute atomic E-state index is 0.202. The Morgan fingerprint density at radius 3 is 2.67 bits per heavy atom. The predicted molar refractivity (Wildman–Crippen MR) is 105 cm³/mol. The number of sulfonamides is 1. The summed E-state index contributed by atoms with van der Waals surface area (Å²) >= 11 is 0. The van der Waals surface area contributed by atoms with Gasteiger partial charge in [-0.05, 0) is 23.8 Å². The monoisotopic (exact) mass is 431 g/mol. The van der Waals surface area contributed by atoms with Gasteiger partial charge in [-0.15, -0.1) is 0 Å². The molecule has 0 radical (unpaired) electrons. The first-order chi connectivity index (χ1) is 14.2. The van der Waals surface area contributed by atoms with Crippen molar-refractivity contribution in [2.45, 2.75) is 11.4 Å². The van der Waals surface area contributed by atoms with E-state index in [-0.39, 0.29) is 23.3 Å². The largest absolute Gasteiger partial charge is 0.481 e. The third kappa shape index (κ3) is 3.31. The second kappa shape index (κ2) is 7.00. The van der Waals surface area contributed by atoms with Gasteiger partial charge in [0.25, 0.3) is 0 Å². The fourth-order valence-corrected chi connectivity index (χ4v) is 3.74. The van der Waals surface area contributed by atoms with Crippen LogP contribution in [0.15, 0.2) is 51.0 Å². The minimum Gasteiger partial charge on any atom is -0.481 e. The van der Waals surface area contributed by atoms with Crippen LogP contribution in [0.1, 0.15) is 5.56 Å². The lowest BCUT2D eigenvalue weighted by Crippen LogP contribution is -2.36. The molecule has 3 heterocycles. The third-order valence-electron chi connectivity index (χ3n) is 4.49. The number of nitrogens with two attached hydrogens (primary N) is 1. The average Bonchev–Trinajstić information content (AvgIpc) is 2.69. The molecule has 30 heavy (non-hydrogen) atoms. The number of nitrogens with zero attached hydrogens (tertiary/aromatic N) is 3. The summed E-state index contributed by atoms with van der Waals surface area (Å²) in [4.78, 5) is 34.9. The zero-order valence-electron chi connectivity index (χ0n) is 15.4. The van der Waals surface area contributed by atoms with E-state index in [1.807, 2.05) is 0 Å². The first-order valence-corrected chi connectivity index (χ1v) is 10.0. The summed E-state index contributed by atoms with van der Waals surface area (Å²) in [6.45, 7) is -0.202. The molecular weight excluding hydrogens is 417 g/mol. The highest BCUT2D eigenvalue weighted by Crippen LogP contribution is 2.23. The molecule has 0 fully saturated rings. The molecule has 0 saturated heterocycles. The highest BCUT2D eigenvalue weighted by molar-refractivity contribution is 7.89. The van der Waals surface area contributed by atoms with Crippen LogP contribution in [0.5, 0.6) is 5.88 Å². The number of hydrogen-bond acceptors (Lipinski definition) is 7. The molecule has 0 atom stereocenters. The van der Waals surface area contributed by atoms with E-state index in [2.05, 4.69) is 15.0 Å². The van der Waals surface area contributed by atoms with E-state index >= 15 is 0 Å². The second-order valence-electron chi connectivity index (χ2n) is 6.40. The molecule has 0 aliphatic carbocycles. The first kappa shape index (κ1) is 19.7. The van der Waals surface area contributed by atoms with E-state index in [9.17, 15) is 22.4 Å². The number of methoxy groups -OCH3 is 1. The standard InChI is InChI=1S/C18H14FN5O5S/c1-29-14-5-3-10-15-12(7-21-16(10)23-14)22-17(25)18(26)24(15)8-9-2-4-13(11(19)6-9)30(20,27)28/h2-7H,8H2,1H3,(H,22,25)(H2,20,27,28). The van der Waals surface area contributed by atoms with Crippen LogP contribution in [0.25, 0.3) is 22.1 Å². The van der Waals surface area contributed by atoms with E-state index in [1.54, 1.807) is 12.1 Å². The van der Waals surface area contributed by atoms with Gasteiger partial charge in [0.1, 0.15) is 10.7 Å². The van der Waals surface area contributed by atoms with Crippen molar-refractivity contribution in [1.82, 2.24) is 19.5 Å². The topological polar surface area (TPSA) is 150 Å². The van der Waals surface area contributed by atoms with Gasteiger partial charge in [0.15, 0.2) is 5.65 Å². The molecule has 0 unspecified atom stereocenters. The van der Waals surface area contributed by atoms with Crippen molar-refractivity contribution in [2.75, 3.05) is 7.11 Å². The fourth-order valence-electron chi connectivity index (χ4n) is 3.15. The summed E-state index contributed by atoms with van der Waals surface area (Å²) in [7, 11) is -2.79. The molecule has 3 N–H and O–H groups in total. The maximum atomic E-state index is 14.2. The Bertz CT molecular complexity index is 1540. The second-order valence-corrected chi connectivity index (χ2v) is 7.93. The molecule has 4 aromatic rings. The molecule has 1 aromatic carbocycles. The summed E-state index contributed by atoms with van der Waals surface area (Å²) < 4.78 is 43.3. The molecule has 0 aliphatic heterocycles. The van der Waals surface area contributed by atoms with Gasteiger partial charge in [0.2, 0.25) is 15.9 Å². The van der Waals surface area contributed by atoms with Gasteiger partial charge in [-0.1, -0.05) is 6.07 Å². The lowest BCUT2D eigenvalue weighted by molar-refractivity contribution is 0.399. The maximum Gasteiger partial charge on any atom is 0.317 e. The number of aromatic nitrogens is 4. The Morgan fingerprint density at radius 2 is 2.00 bits per heavy atom. The van der Waals surface area contributed by atoms with Crippen LogP contribution in [-0.2, 0) is 16.6 Å². The summed E-state index contributed by atoms with van der Waals surface area (Å²) in [6, 6.07) is 6.47. The SMILES string of the molecule is COc1ccc2c(ncc3[nH]c(=O)c(=O)n(Cc4ccc(S(N)(=O)=O)c(F)c4)c32)n1. The summed E-state index contributed by atoms with van der Waals surface area (Å²) in [5.74, 6) is -0.747. The molecule has 3 aromatic heterocycles. The molecule has 154 valence electrons. The Kier molecular flexibility index (Phi) is 4.59. The molecule has 0 saturated carbocycles. The summed E-state index contributed by atoms with van der Waals surface area (Å²) in [6.07, 6.45) is 1.35. The number of pyridine rings is 2. The van der Waals surface area contributed by atoms with Gasteiger partial charge in [0, 0.05) is 11.5 Å². The normalized spacial score (nSPS) is 11.8. The van der Waals surface area contributed by atoms with Crippen LogP contribution in [0.3, 0.4) is 0 Å². The third-order valence-corrected chi connectivity index (χ3v) is 5.43. The number of H-pyrrole nitrogens is 1. The number of rotatable bonds is 4. The van der Waals surface area contributed by atoms with Crippen molar-refractivity contribution in [1.29, 1.82) is 0 Å². The van der Waals surface area contributed by atoms with Gasteiger partial charge in [-0.3, -0.25) is 14.2 Å². The highest BCUT2D eigenvalue weighted by Gasteiger charge is 2.17. The molecule has 0 spiro atoms. The predicted octanol–water partition coefficient (Wildman–Crippen LogP) is 0.476. The van der Waals surface area contributed by atoms with E-state index < -0.39 is 31.9 Å². The molecule has 0 bridgehead atoms. The number of aromatic amines is 1. The number of hydrogen-bond donors (Lipinski definition) is 2. The van der Waals surface area contributed by atoms with Gasteiger partial charge in [-0.2, -0.15) is 4.98 Å². The van der Waals surface area contributed by atoms with Crippen molar-refractivity contribution in [3.05, 3.63) is 68.6 Å². The first-order valence-electron chi connectivity index (χ1n) is 8.47. The van der Waals surface area contributed by atoms with Crippen molar-refractivity contribution < 1.29 is 17.5 Å². The summed E-state index contributed by atoms with van der Waals surface area (Å²) in [5, 5.41) is 5.43. The molecule has 0 aliphatic rings. The zero-order chi connectivity index (χ0) is 21.6. The molecule has 0 amide bonds. The van der Waals surface area contributed by atoms with E-state index in [4.69, 9.17) is 9.88 Å². The molecule has 4 rings (SSSR count). The Balaban J connectivity index is 1.97. The quantitative estimate of drug-likeness (QED) is 0.352. The van der Waals surface area contributed by atoms with E-state index in [0.717, 1.165) is 16.7 Å². The van der Waals surface area contributed by atoms with Gasteiger partial charge >= 0.3 is 11.1 Å². The lowest BCUT2D eigenvalue weighted by Gasteiger charge is -2.12. The zero-order valence-corrected chi connectivity index (χ0v) is 16.2. The molecular formula is C18H14FN5O5S. The van der Waals surface area contributed by atoms with E-state index in [1.165, 1.54) is 19.4 Å². The highest BCUT2D eigenvalue weighted by atomic mass is 32.2. The van der Waals surface area contributed by atoms with Gasteiger partial charge < -0.3 is 9.72 Å². The van der Waals surface area contributed by atoms with Crippen LogP contribution >= 0.6 is 0 Å². The maximum absolute atomic E-state index is 14.2. The van der Waals surface area contributed by atoms with E-state index in [0.29, 0.717) is 16.8 Å². The Hall–Kier alpha value is -3.64. The van der Waals surface area contributed by atoms with Crippen molar-refractivity contribution in [2.24, 2.45) is 5.14 Å². The van der Waals surface area contributed by atoms with Crippen LogP contribution in [0.4, 0.5) is 4.39 Å². The lowest BCUT2D eigenvalue weighted by atomic mass is 10.2. The van der Waals surface area contributed by atoms with Crippen LogP contribution in [0, 0.1) is 5.82 Å². The number of benzene rings is 1. The molecule has 12 heteroatoms. The fraction of sp³-hybridized carbons (Fsp3) is 0.111. The number of ether oxygens (including phenoxy) is 1. The molecule has 10 nitrogen and oxygen atoms in total. The van der Waals surface area contributed by atoms with Gasteiger partial charge in [-0.25, -0.2) is 22.9 Å². The number of halogens is 1. The number of fused-ring (bicyclic) bond motifs is 3. The minimum atomic E-state index is -4.24. The Labute approximate surface area is 167 Å². The van der Waals surface area contributed by atoms with Crippen molar-refractivity contribution in [3.63, 3.8) is 0 Å². The van der Waals surface area contributed by atoms with Crippen LogP contribution < -0.4 is 21.0 Å². The average molecular weight is 431 g/mol. The Morgan fingerprint density at radius 1 is 1.23 bits per heavy atom. The number of primary sulfonamides is 1. The smallest absolute Gasteiger partial charge is 0.317 e. The van der Waals surface area contributed by atoms with Crippen LogP contribution in [-0.4, -0.2) is 35.0 Å². The van der Waals surface area contributed by atoms with Crippen LogP contribution in [0.2, 0.25) is 0 Å². The van der Waals surface area contributed by atoms with Gasteiger partial charge in [0.05, 0.1) is 30.9 Å². The van der Waals surface area contributed by atoms with Crippen molar-refractivity contribution >= 4 is 32.1 Å². The number of nitrogens with one attached hydrogen (secondary N) is 1. The summed E-state index contributed by atoms with van der Waals surface area (Å²) in [5.41, 5.74) is -0.622. The van der Waals surface area contributed by atoms with Crippen molar-refractivity contribution in [3.8, 4) is 5.88 Å².